The normalized spacial score (nSPS) is 12.1. The lowest BCUT2D eigenvalue weighted by Gasteiger charge is -2.20. The van der Waals surface area contributed by atoms with Gasteiger partial charge in [0, 0.05) is 13.6 Å². The predicted molar refractivity (Wildman–Crippen MR) is 57.5 cm³/mol. The number of hydrogen-bond acceptors (Lipinski definition) is 3. The molecule has 0 aliphatic rings. The van der Waals surface area contributed by atoms with Crippen molar-refractivity contribution in [1.29, 1.82) is 0 Å². The van der Waals surface area contributed by atoms with E-state index in [1.54, 1.807) is 32.7 Å². The topological polar surface area (TPSA) is 58.6 Å². The molecule has 2 amide bonds. The molecule has 1 unspecified atom stereocenters. The van der Waals surface area contributed by atoms with Gasteiger partial charge in [-0.1, -0.05) is 0 Å². The number of amides is 2. The number of hydrogen-bond donors (Lipinski definition) is 1. The average Bonchev–Trinajstić information content (AvgIpc) is 2.13. The standard InChI is InChI=1S/C10H20N2O3/c1-6-12(5)9(13)8(4)11-10(14)15-7(2)3/h7-8H,6H2,1-5H3,(H,11,14). The van der Waals surface area contributed by atoms with Gasteiger partial charge in [-0.25, -0.2) is 4.79 Å². The van der Waals surface area contributed by atoms with E-state index in [9.17, 15) is 9.59 Å². The largest absolute Gasteiger partial charge is 0.447 e. The first-order valence-electron chi connectivity index (χ1n) is 5.10. The zero-order valence-electron chi connectivity index (χ0n) is 10.0. The molecule has 15 heavy (non-hydrogen) atoms. The van der Waals surface area contributed by atoms with Gasteiger partial charge in [0.25, 0.3) is 0 Å². The van der Waals surface area contributed by atoms with E-state index in [4.69, 9.17) is 4.74 Å². The van der Waals surface area contributed by atoms with Crippen LogP contribution >= 0.6 is 0 Å². The summed E-state index contributed by atoms with van der Waals surface area (Å²) in [7, 11) is 1.69. The quantitative estimate of drug-likeness (QED) is 0.762. The van der Waals surface area contributed by atoms with Gasteiger partial charge < -0.3 is 15.0 Å². The molecule has 0 aromatic carbocycles. The fourth-order valence-corrected chi connectivity index (χ4v) is 0.973. The minimum Gasteiger partial charge on any atom is -0.447 e. The third kappa shape index (κ3) is 5.24. The molecule has 0 aliphatic heterocycles. The molecule has 0 radical (unpaired) electrons. The molecular weight excluding hydrogens is 196 g/mol. The number of ether oxygens (including phenoxy) is 1. The van der Waals surface area contributed by atoms with Crippen molar-refractivity contribution in [1.82, 2.24) is 10.2 Å². The minimum absolute atomic E-state index is 0.127. The minimum atomic E-state index is -0.560. The fourth-order valence-electron chi connectivity index (χ4n) is 0.973. The van der Waals surface area contributed by atoms with Gasteiger partial charge in [0.15, 0.2) is 0 Å². The second-order valence-corrected chi connectivity index (χ2v) is 3.67. The van der Waals surface area contributed by atoms with E-state index >= 15 is 0 Å². The smallest absolute Gasteiger partial charge is 0.408 e. The Kier molecular flexibility index (Phi) is 5.74. The van der Waals surface area contributed by atoms with Gasteiger partial charge in [-0.2, -0.15) is 0 Å². The van der Waals surface area contributed by atoms with E-state index in [0.717, 1.165) is 0 Å². The van der Waals surface area contributed by atoms with E-state index in [1.807, 2.05) is 6.92 Å². The van der Waals surface area contributed by atoms with Crippen LogP contribution in [0.4, 0.5) is 4.79 Å². The van der Waals surface area contributed by atoms with Crippen LogP contribution in [0.25, 0.3) is 0 Å². The van der Waals surface area contributed by atoms with E-state index in [0.29, 0.717) is 6.54 Å². The highest BCUT2D eigenvalue weighted by atomic mass is 16.6. The molecule has 0 aromatic rings. The van der Waals surface area contributed by atoms with Crippen molar-refractivity contribution in [3.05, 3.63) is 0 Å². The summed E-state index contributed by atoms with van der Waals surface area (Å²) in [5.41, 5.74) is 0. The number of nitrogens with zero attached hydrogens (tertiary/aromatic N) is 1. The van der Waals surface area contributed by atoms with Crippen LogP contribution in [-0.2, 0) is 9.53 Å². The lowest BCUT2D eigenvalue weighted by Crippen LogP contribution is -2.46. The zero-order chi connectivity index (χ0) is 12.0. The highest BCUT2D eigenvalue weighted by Gasteiger charge is 2.19. The third-order valence-electron chi connectivity index (χ3n) is 1.90. The van der Waals surface area contributed by atoms with Crippen LogP contribution in [-0.4, -0.2) is 42.6 Å². The van der Waals surface area contributed by atoms with Crippen molar-refractivity contribution >= 4 is 12.0 Å². The third-order valence-corrected chi connectivity index (χ3v) is 1.90. The Labute approximate surface area is 90.8 Å². The molecule has 0 spiro atoms. The first-order chi connectivity index (χ1) is 6.88. The summed E-state index contributed by atoms with van der Waals surface area (Å²) in [5.74, 6) is -0.127. The van der Waals surface area contributed by atoms with Gasteiger partial charge >= 0.3 is 6.09 Å². The number of carbonyl (C=O) groups excluding carboxylic acids is 2. The predicted octanol–water partition coefficient (Wildman–Crippen LogP) is 0.988. The lowest BCUT2D eigenvalue weighted by atomic mass is 10.3. The van der Waals surface area contributed by atoms with Crippen molar-refractivity contribution in [3.63, 3.8) is 0 Å². The van der Waals surface area contributed by atoms with Gasteiger partial charge in [0.1, 0.15) is 6.04 Å². The zero-order valence-corrected chi connectivity index (χ0v) is 10.0. The van der Waals surface area contributed by atoms with Crippen molar-refractivity contribution < 1.29 is 14.3 Å². The Morgan fingerprint density at radius 2 is 1.87 bits per heavy atom. The molecule has 0 fully saturated rings. The molecule has 5 nitrogen and oxygen atoms in total. The summed E-state index contributed by atoms with van der Waals surface area (Å²) >= 11 is 0. The molecule has 1 N–H and O–H groups in total. The number of rotatable bonds is 4. The maximum absolute atomic E-state index is 11.6. The molecule has 0 aromatic heterocycles. The van der Waals surface area contributed by atoms with Crippen LogP contribution in [0, 0.1) is 0 Å². The van der Waals surface area contributed by atoms with Crippen LogP contribution in [0.5, 0.6) is 0 Å². The number of likely N-dealkylation sites (N-methyl/N-ethyl adjacent to an activating group) is 1. The van der Waals surface area contributed by atoms with E-state index in [2.05, 4.69) is 5.32 Å². The lowest BCUT2D eigenvalue weighted by molar-refractivity contribution is -0.131. The summed E-state index contributed by atoms with van der Waals surface area (Å²) < 4.78 is 4.86. The van der Waals surface area contributed by atoms with Crippen LogP contribution in [0.2, 0.25) is 0 Å². The van der Waals surface area contributed by atoms with E-state index in [-0.39, 0.29) is 12.0 Å². The van der Waals surface area contributed by atoms with Gasteiger partial charge in [-0.15, -0.1) is 0 Å². The summed E-state index contributed by atoms with van der Waals surface area (Å²) in [6.45, 7) is 7.63. The molecule has 1 atom stereocenters. The van der Waals surface area contributed by atoms with E-state index in [1.165, 1.54) is 0 Å². The summed E-state index contributed by atoms with van der Waals surface area (Å²) in [6, 6.07) is -0.554. The summed E-state index contributed by atoms with van der Waals surface area (Å²) in [4.78, 5) is 24.3. The SMILES string of the molecule is CCN(C)C(=O)C(C)NC(=O)OC(C)C. The second-order valence-electron chi connectivity index (χ2n) is 3.67. The maximum Gasteiger partial charge on any atom is 0.408 e. The molecule has 0 saturated heterocycles. The number of carbonyl (C=O) groups is 2. The van der Waals surface area contributed by atoms with Crippen molar-refractivity contribution in [3.8, 4) is 0 Å². The van der Waals surface area contributed by atoms with Crippen molar-refractivity contribution in [2.75, 3.05) is 13.6 Å². The molecule has 0 heterocycles. The Balaban J connectivity index is 4.07. The van der Waals surface area contributed by atoms with Gasteiger partial charge in [0.05, 0.1) is 6.10 Å². The van der Waals surface area contributed by atoms with Gasteiger partial charge in [-0.3, -0.25) is 4.79 Å². The van der Waals surface area contributed by atoms with Crippen molar-refractivity contribution in [2.45, 2.75) is 39.8 Å². The molecule has 0 saturated carbocycles. The summed E-state index contributed by atoms with van der Waals surface area (Å²) in [6.07, 6.45) is -0.744. The molecule has 5 heteroatoms. The number of alkyl carbamates (subject to hydrolysis) is 1. The second kappa shape index (κ2) is 6.27. The molecule has 0 rings (SSSR count). The average molecular weight is 216 g/mol. The Morgan fingerprint density at radius 3 is 2.27 bits per heavy atom. The Hall–Kier alpha value is -1.26. The first kappa shape index (κ1) is 13.7. The first-order valence-corrected chi connectivity index (χ1v) is 5.10. The molecular formula is C10H20N2O3. The highest BCUT2D eigenvalue weighted by molar-refractivity contribution is 5.85. The maximum atomic E-state index is 11.6. The van der Waals surface area contributed by atoms with E-state index < -0.39 is 12.1 Å². The summed E-state index contributed by atoms with van der Waals surface area (Å²) in [5, 5.41) is 2.47. The van der Waals surface area contributed by atoms with Crippen LogP contribution in [0.15, 0.2) is 0 Å². The number of nitrogens with one attached hydrogen (secondary N) is 1. The fraction of sp³-hybridized carbons (Fsp3) is 0.800. The Morgan fingerprint density at radius 1 is 1.33 bits per heavy atom. The Bertz CT molecular complexity index is 229. The van der Waals surface area contributed by atoms with Crippen LogP contribution < -0.4 is 5.32 Å². The van der Waals surface area contributed by atoms with Crippen LogP contribution in [0.1, 0.15) is 27.7 Å². The van der Waals surface area contributed by atoms with Crippen LogP contribution in [0.3, 0.4) is 0 Å². The van der Waals surface area contributed by atoms with Gasteiger partial charge in [-0.05, 0) is 27.7 Å². The highest BCUT2D eigenvalue weighted by Crippen LogP contribution is 1.94. The molecule has 0 aliphatic carbocycles. The monoisotopic (exact) mass is 216 g/mol. The molecule has 0 bridgehead atoms. The molecule has 88 valence electrons. The van der Waals surface area contributed by atoms with Crippen molar-refractivity contribution in [2.24, 2.45) is 0 Å². The van der Waals surface area contributed by atoms with Gasteiger partial charge in [0.2, 0.25) is 5.91 Å².